The van der Waals surface area contributed by atoms with E-state index in [1.54, 1.807) is 0 Å². The van der Waals surface area contributed by atoms with Crippen LogP contribution in [0.1, 0.15) is 5.56 Å². The average molecular weight is 191 g/mol. The molecule has 0 aliphatic heterocycles. The molecule has 1 aromatic carbocycles. The minimum atomic E-state index is -2.32. The summed E-state index contributed by atoms with van der Waals surface area (Å²) in [5, 5.41) is 0. The molecule has 2 nitrogen and oxygen atoms in total. The normalized spacial score (nSPS) is 12.9. The summed E-state index contributed by atoms with van der Waals surface area (Å²) in [6, 6.07) is 2.66. The van der Waals surface area contributed by atoms with Gasteiger partial charge in [-0.15, -0.1) is 0 Å². The van der Waals surface area contributed by atoms with Crippen molar-refractivity contribution < 1.29 is 17.5 Å². The van der Waals surface area contributed by atoms with E-state index >= 15 is 0 Å². The Labute approximate surface area is 70.5 Å². The number of rotatable bonds is 2. The number of hydrogen-bond donors (Lipinski definition) is 0. The summed E-state index contributed by atoms with van der Waals surface area (Å²) in [6.45, 7) is 0. The molecule has 0 saturated heterocycles. The molecule has 1 rings (SSSR count). The molecule has 0 bridgehead atoms. The van der Waals surface area contributed by atoms with Crippen LogP contribution in [0.4, 0.5) is 8.78 Å². The van der Waals surface area contributed by atoms with Gasteiger partial charge in [-0.25, -0.2) is 8.78 Å². The zero-order valence-corrected chi connectivity index (χ0v) is 6.74. The molecular weight excluding hydrogens is 186 g/mol. The predicted octanol–water partition coefficient (Wildman–Crippen LogP) is 1.34. The topological polar surface area (TPSA) is 40.1 Å². The van der Waals surface area contributed by atoms with Gasteiger partial charge in [0.15, 0.2) is 0 Å². The van der Waals surface area contributed by atoms with Gasteiger partial charge < -0.3 is 4.55 Å². The fraction of sp³-hybridized carbons (Fsp3) is 0.143. The molecule has 0 radical (unpaired) electrons. The second-order valence-corrected chi connectivity index (χ2v) is 3.12. The molecule has 1 aromatic rings. The molecule has 0 amide bonds. The van der Waals surface area contributed by atoms with Gasteiger partial charge in [0.25, 0.3) is 0 Å². The van der Waals surface area contributed by atoms with E-state index in [9.17, 15) is 17.5 Å². The van der Waals surface area contributed by atoms with Gasteiger partial charge in [-0.1, -0.05) is 11.1 Å². The van der Waals surface area contributed by atoms with Gasteiger partial charge in [-0.3, -0.25) is 4.21 Å². The third kappa shape index (κ3) is 2.67. The summed E-state index contributed by atoms with van der Waals surface area (Å²) in [5.74, 6) is -1.90. The number of benzene rings is 1. The maximum absolute atomic E-state index is 12.4. The average Bonchev–Trinajstić information content (AvgIpc) is 1.81. The van der Waals surface area contributed by atoms with Crippen LogP contribution in [0.2, 0.25) is 0 Å². The highest BCUT2D eigenvalue weighted by molar-refractivity contribution is 7.78. The second kappa shape index (κ2) is 3.73. The van der Waals surface area contributed by atoms with Crippen molar-refractivity contribution in [2.75, 3.05) is 0 Å². The van der Waals surface area contributed by atoms with E-state index < -0.39 is 22.7 Å². The lowest BCUT2D eigenvalue weighted by Gasteiger charge is -2.04. The van der Waals surface area contributed by atoms with Crippen molar-refractivity contribution in [1.82, 2.24) is 0 Å². The first-order valence-electron chi connectivity index (χ1n) is 3.09. The smallest absolute Gasteiger partial charge is 0.126 e. The maximum Gasteiger partial charge on any atom is 0.126 e. The van der Waals surface area contributed by atoms with E-state index in [-0.39, 0.29) is 11.3 Å². The SMILES string of the molecule is O=S([O-])Cc1cc(F)cc(F)c1. The fourth-order valence-corrected chi connectivity index (χ4v) is 1.27. The third-order valence-corrected chi connectivity index (χ3v) is 1.78. The highest BCUT2D eigenvalue weighted by Crippen LogP contribution is 2.09. The highest BCUT2D eigenvalue weighted by Gasteiger charge is 1.99. The largest absolute Gasteiger partial charge is 0.772 e. The standard InChI is InChI=1S/C7H6F2O2S/c8-6-1-5(4-12(10)11)2-7(9)3-6/h1-3H,4H2,(H,10,11)/p-1. The van der Waals surface area contributed by atoms with E-state index in [0.717, 1.165) is 12.1 Å². The zero-order chi connectivity index (χ0) is 9.14. The van der Waals surface area contributed by atoms with Crippen LogP contribution in [0.5, 0.6) is 0 Å². The summed E-state index contributed by atoms with van der Waals surface area (Å²) < 4.78 is 45.2. The first kappa shape index (κ1) is 9.28. The molecule has 0 heterocycles. The Morgan fingerprint density at radius 2 is 1.75 bits per heavy atom. The highest BCUT2D eigenvalue weighted by atomic mass is 32.2. The number of halogens is 2. The molecule has 0 fully saturated rings. The molecular formula is C7H5F2O2S-. The summed E-state index contributed by atoms with van der Waals surface area (Å²) >= 11 is -2.32. The maximum atomic E-state index is 12.4. The molecule has 0 aliphatic carbocycles. The Morgan fingerprint density at radius 1 is 1.25 bits per heavy atom. The Hall–Kier alpha value is -0.810. The van der Waals surface area contributed by atoms with Crippen LogP contribution in [-0.4, -0.2) is 8.76 Å². The minimum absolute atomic E-state index is 0.112. The van der Waals surface area contributed by atoms with E-state index in [0.29, 0.717) is 6.07 Å². The fourth-order valence-electron chi connectivity index (χ4n) is 0.830. The van der Waals surface area contributed by atoms with Gasteiger partial charge in [0, 0.05) is 11.8 Å². The number of hydrogen-bond acceptors (Lipinski definition) is 2. The first-order chi connectivity index (χ1) is 5.58. The van der Waals surface area contributed by atoms with Crippen LogP contribution in [0.25, 0.3) is 0 Å². The van der Waals surface area contributed by atoms with E-state index in [1.165, 1.54) is 0 Å². The van der Waals surface area contributed by atoms with Crippen molar-refractivity contribution in [3.05, 3.63) is 35.4 Å². The predicted molar refractivity (Wildman–Crippen MR) is 39.0 cm³/mol. The molecule has 12 heavy (non-hydrogen) atoms. The van der Waals surface area contributed by atoms with E-state index in [4.69, 9.17) is 0 Å². The van der Waals surface area contributed by atoms with Crippen LogP contribution in [0.3, 0.4) is 0 Å². The molecule has 0 aliphatic rings. The summed E-state index contributed by atoms with van der Waals surface area (Å²) in [6.07, 6.45) is 0. The summed E-state index contributed by atoms with van der Waals surface area (Å²) in [7, 11) is 0. The van der Waals surface area contributed by atoms with Gasteiger partial charge in [-0.05, 0) is 17.7 Å². The molecule has 1 unspecified atom stereocenters. The van der Waals surface area contributed by atoms with Crippen molar-refractivity contribution in [2.45, 2.75) is 5.75 Å². The Balaban J connectivity index is 2.93. The van der Waals surface area contributed by atoms with Crippen LogP contribution in [0, 0.1) is 11.6 Å². The van der Waals surface area contributed by atoms with Crippen LogP contribution in [-0.2, 0) is 16.8 Å². The van der Waals surface area contributed by atoms with E-state index in [2.05, 4.69) is 0 Å². The molecule has 0 aromatic heterocycles. The van der Waals surface area contributed by atoms with E-state index in [1.807, 2.05) is 0 Å². The monoisotopic (exact) mass is 191 g/mol. The summed E-state index contributed by atoms with van der Waals surface area (Å²) in [5.41, 5.74) is 0.112. The second-order valence-electron chi connectivity index (χ2n) is 2.23. The summed E-state index contributed by atoms with van der Waals surface area (Å²) in [4.78, 5) is 0. The van der Waals surface area contributed by atoms with Crippen molar-refractivity contribution in [3.63, 3.8) is 0 Å². The minimum Gasteiger partial charge on any atom is -0.772 e. The van der Waals surface area contributed by atoms with Crippen molar-refractivity contribution in [3.8, 4) is 0 Å². The third-order valence-electron chi connectivity index (χ3n) is 1.21. The quantitative estimate of drug-likeness (QED) is 0.662. The zero-order valence-electron chi connectivity index (χ0n) is 5.92. The van der Waals surface area contributed by atoms with Crippen molar-refractivity contribution in [1.29, 1.82) is 0 Å². The van der Waals surface area contributed by atoms with Crippen LogP contribution in [0.15, 0.2) is 18.2 Å². The Morgan fingerprint density at radius 3 is 2.17 bits per heavy atom. The Bertz CT molecular complexity index is 294. The van der Waals surface area contributed by atoms with Crippen LogP contribution >= 0.6 is 0 Å². The molecule has 0 N–H and O–H groups in total. The van der Waals surface area contributed by atoms with Gasteiger partial charge in [-0.2, -0.15) is 0 Å². The van der Waals surface area contributed by atoms with Crippen molar-refractivity contribution in [2.24, 2.45) is 0 Å². The lowest BCUT2D eigenvalue weighted by molar-refractivity contribution is 0.535. The van der Waals surface area contributed by atoms with Gasteiger partial charge in [0.05, 0.1) is 0 Å². The van der Waals surface area contributed by atoms with Crippen molar-refractivity contribution >= 4 is 11.1 Å². The van der Waals surface area contributed by atoms with Gasteiger partial charge >= 0.3 is 0 Å². The Kier molecular flexibility index (Phi) is 2.88. The molecule has 66 valence electrons. The van der Waals surface area contributed by atoms with Gasteiger partial charge in [0.2, 0.25) is 0 Å². The molecule has 0 saturated carbocycles. The molecule has 1 atom stereocenters. The lowest BCUT2D eigenvalue weighted by Crippen LogP contribution is -1.95. The first-order valence-corrected chi connectivity index (χ1v) is 4.33. The lowest BCUT2D eigenvalue weighted by atomic mass is 10.2. The molecule has 5 heteroatoms. The van der Waals surface area contributed by atoms with Crippen LogP contribution < -0.4 is 0 Å². The van der Waals surface area contributed by atoms with Gasteiger partial charge in [0.1, 0.15) is 11.6 Å². The molecule has 0 spiro atoms.